The van der Waals surface area contributed by atoms with Gasteiger partial charge in [-0.15, -0.1) is 11.8 Å². The average Bonchev–Trinajstić information content (AvgIpc) is 2.64. The Morgan fingerprint density at radius 1 is 1.19 bits per heavy atom. The van der Waals surface area contributed by atoms with Crippen LogP contribution >= 0.6 is 23.4 Å². The van der Waals surface area contributed by atoms with Crippen LogP contribution in [0, 0.1) is 13.8 Å². The standard InChI is InChI=1S/C21H21ClN2O2S/c1-13-7-8-15(12-17(13)22)23-19(25)9-10-27-20-11-14(2)16-5-4-6-18(26-3)21(16)24-20/h4-8,11-12H,9-10H2,1-3H3,(H,23,25). The number of hydrogen-bond acceptors (Lipinski definition) is 4. The predicted molar refractivity (Wildman–Crippen MR) is 113 cm³/mol. The summed E-state index contributed by atoms with van der Waals surface area (Å²) in [4.78, 5) is 16.9. The zero-order chi connectivity index (χ0) is 19.4. The Labute approximate surface area is 168 Å². The lowest BCUT2D eigenvalue weighted by Gasteiger charge is -2.10. The van der Waals surface area contributed by atoms with Crippen LogP contribution in [0.2, 0.25) is 5.02 Å². The van der Waals surface area contributed by atoms with E-state index in [1.807, 2.05) is 43.3 Å². The molecular formula is C21H21ClN2O2S. The molecule has 0 aliphatic rings. The summed E-state index contributed by atoms with van der Waals surface area (Å²) in [6.07, 6.45) is 0.390. The van der Waals surface area contributed by atoms with Crippen molar-refractivity contribution in [3.05, 3.63) is 58.6 Å². The van der Waals surface area contributed by atoms with E-state index < -0.39 is 0 Å². The summed E-state index contributed by atoms with van der Waals surface area (Å²) in [6, 6.07) is 13.5. The van der Waals surface area contributed by atoms with E-state index in [-0.39, 0.29) is 5.91 Å². The van der Waals surface area contributed by atoms with Crippen molar-refractivity contribution in [1.82, 2.24) is 4.98 Å². The highest BCUT2D eigenvalue weighted by molar-refractivity contribution is 7.99. The summed E-state index contributed by atoms with van der Waals surface area (Å²) < 4.78 is 5.42. The van der Waals surface area contributed by atoms with Gasteiger partial charge in [0.1, 0.15) is 11.3 Å². The minimum atomic E-state index is -0.0440. The van der Waals surface area contributed by atoms with Crippen LogP contribution in [0.3, 0.4) is 0 Å². The van der Waals surface area contributed by atoms with Crippen LogP contribution in [0.1, 0.15) is 17.5 Å². The van der Waals surface area contributed by atoms with Crippen LogP contribution in [0.4, 0.5) is 5.69 Å². The highest BCUT2D eigenvalue weighted by Gasteiger charge is 2.09. The number of aryl methyl sites for hydroxylation is 2. The average molecular weight is 401 g/mol. The van der Waals surface area contributed by atoms with E-state index in [2.05, 4.69) is 12.2 Å². The molecule has 0 spiro atoms. The normalized spacial score (nSPS) is 10.8. The van der Waals surface area contributed by atoms with Gasteiger partial charge in [0, 0.05) is 28.3 Å². The number of thioether (sulfide) groups is 1. The number of aromatic nitrogens is 1. The van der Waals surface area contributed by atoms with Crippen LogP contribution in [0.25, 0.3) is 10.9 Å². The first-order valence-electron chi connectivity index (χ1n) is 8.61. The summed E-state index contributed by atoms with van der Waals surface area (Å²) in [7, 11) is 1.65. The SMILES string of the molecule is COc1cccc2c(C)cc(SCCC(=O)Nc3ccc(C)c(Cl)c3)nc12. The fraction of sp³-hybridized carbons (Fsp3) is 0.238. The van der Waals surface area contributed by atoms with Crippen molar-refractivity contribution in [2.24, 2.45) is 0 Å². The number of carbonyl (C=O) groups is 1. The van der Waals surface area contributed by atoms with Gasteiger partial charge in [-0.1, -0.05) is 29.8 Å². The first-order chi connectivity index (χ1) is 13.0. The minimum Gasteiger partial charge on any atom is -0.494 e. The number of nitrogens with one attached hydrogen (secondary N) is 1. The summed E-state index contributed by atoms with van der Waals surface area (Å²) >= 11 is 7.65. The quantitative estimate of drug-likeness (QED) is 0.544. The number of fused-ring (bicyclic) bond motifs is 1. The molecule has 140 valence electrons. The smallest absolute Gasteiger partial charge is 0.225 e. The number of amides is 1. The molecule has 0 saturated heterocycles. The summed E-state index contributed by atoms with van der Waals surface area (Å²) in [5, 5.41) is 5.49. The van der Waals surface area contributed by atoms with Crippen LogP contribution < -0.4 is 10.1 Å². The molecule has 0 aliphatic carbocycles. The molecule has 1 N–H and O–H groups in total. The third-order valence-corrected chi connectivity index (χ3v) is 5.56. The second-order valence-corrected chi connectivity index (χ2v) is 7.77. The van der Waals surface area contributed by atoms with E-state index in [9.17, 15) is 4.79 Å². The second-order valence-electron chi connectivity index (χ2n) is 6.24. The number of nitrogens with zero attached hydrogens (tertiary/aromatic N) is 1. The van der Waals surface area contributed by atoms with E-state index >= 15 is 0 Å². The van der Waals surface area contributed by atoms with Gasteiger partial charge in [0.15, 0.2) is 0 Å². The fourth-order valence-electron chi connectivity index (χ4n) is 2.74. The third-order valence-electron chi connectivity index (χ3n) is 4.24. The first-order valence-corrected chi connectivity index (χ1v) is 9.97. The molecule has 3 aromatic rings. The molecule has 27 heavy (non-hydrogen) atoms. The van der Waals surface area contributed by atoms with Gasteiger partial charge in [-0.05, 0) is 49.2 Å². The van der Waals surface area contributed by atoms with Crippen molar-refractivity contribution < 1.29 is 9.53 Å². The van der Waals surface area contributed by atoms with Gasteiger partial charge in [-0.2, -0.15) is 0 Å². The molecule has 0 unspecified atom stereocenters. The monoisotopic (exact) mass is 400 g/mol. The summed E-state index contributed by atoms with van der Waals surface area (Å²) in [5.74, 6) is 1.35. The summed E-state index contributed by atoms with van der Waals surface area (Å²) in [6.45, 7) is 3.99. The Hall–Kier alpha value is -2.24. The molecular weight excluding hydrogens is 380 g/mol. The minimum absolute atomic E-state index is 0.0440. The van der Waals surface area contributed by atoms with Crippen LogP contribution in [0.15, 0.2) is 47.5 Å². The number of rotatable bonds is 6. The molecule has 3 rings (SSSR count). The highest BCUT2D eigenvalue weighted by atomic mass is 35.5. The van der Waals surface area contributed by atoms with Crippen molar-refractivity contribution >= 4 is 45.9 Å². The molecule has 2 aromatic carbocycles. The number of methoxy groups -OCH3 is 1. The molecule has 1 amide bonds. The maximum Gasteiger partial charge on any atom is 0.225 e. The van der Waals surface area contributed by atoms with Crippen molar-refractivity contribution in [2.75, 3.05) is 18.2 Å². The van der Waals surface area contributed by atoms with Crippen molar-refractivity contribution in [1.29, 1.82) is 0 Å². The molecule has 0 atom stereocenters. The molecule has 0 fully saturated rings. The molecule has 6 heteroatoms. The van der Waals surface area contributed by atoms with Crippen molar-refractivity contribution in [3.63, 3.8) is 0 Å². The van der Waals surface area contributed by atoms with Gasteiger partial charge in [0.2, 0.25) is 5.91 Å². The Balaban J connectivity index is 1.63. The largest absolute Gasteiger partial charge is 0.494 e. The number of carbonyl (C=O) groups excluding carboxylic acids is 1. The maximum atomic E-state index is 12.2. The van der Waals surface area contributed by atoms with Gasteiger partial charge in [-0.3, -0.25) is 4.79 Å². The number of anilines is 1. The topological polar surface area (TPSA) is 51.2 Å². The molecule has 0 radical (unpaired) electrons. The lowest BCUT2D eigenvalue weighted by atomic mass is 10.1. The number of para-hydroxylation sites is 1. The summed E-state index contributed by atoms with van der Waals surface area (Å²) in [5.41, 5.74) is 3.69. The maximum absolute atomic E-state index is 12.2. The molecule has 4 nitrogen and oxygen atoms in total. The van der Waals surface area contributed by atoms with E-state index in [0.29, 0.717) is 22.9 Å². The highest BCUT2D eigenvalue weighted by Crippen LogP contribution is 2.29. The van der Waals surface area contributed by atoms with E-state index in [1.54, 1.807) is 24.9 Å². The molecule has 0 saturated carbocycles. The van der Waals surface area contributed by atoms with Gasteiger partial charge >= 0.3 is 0 Å². The van der Waals surface area contributed by atoms with Crippen LogP contribution in [0.5, 0.6) is 5.75 Å². The Bertz CT molecular complexity index is 991. The van der Waals surface area contributed by atoms with Gasteiger partial charge in [0.25, 0.3) is 0 Å². The first kappa shape index (κ1) is 19.5. The third kappa shape index (κ3) is 4.73. The zero-order valence-corrected chi connectivity index (χ0v) is 17.1. The fourth-order valence-corrected chi connectivity index (χ4v) is 3.84. The van der Waals surface area contributed by atoms with Gasteiger partial charge in [-0.25, -0.2) is 4.98 Å². The van der Waals surface area contributed by atoms with E-state index in [1.165, 1.54) is 0 Å². The molecule has 0 bridgehead atoms. The number of pyridine rings is 1. The van der Waals surface area contributed by atoms with Crippen molar-refractivity contribution in [2.45, 2.75) is 25.3 Å². The zero-order valence-electron chi connectivity index (χ0n) is 15.5. The van der Waals surface area contributed by atoms with Gasteiger partial charge in [0.05, 0.1) is 12.1 Å². The Morgan fingerprint density at radius 2 is 2.00 bits per heavy atom. The van der Waals surface area contributed by atoms with E-state index in [4.69, 9.17) is 21.3 Å². The lowest BCUT2D eigenvalue weighted by molar-refractivity contribution is -0.115. The number of ether oxygens (including phenoxy) is 1. The van der Waals surface area contributed by atoms with Crippen LogP contribution in [-0.2, 0) is 4.79 Å². The number of halogens is 1. The second kappa shape index (κ2) is 8.63. The molecule has 1 aromatic heterocycles. The number of hydrogen-bond donors (Lipinski definition) is 1. The predicted octanol–water partition coefficient (Wildman–Crippen LogP) is 5.63. The molecule has 0 aliphatic heterocycles. The van der Waals surface area contributed by atoms with Crippen LogP contribution in [-0.4, -0.2) is 23.8 Å². The Morgan fingerprint density at radius 3 is 2.74 bits per heavy atom. The Kier molecular flexibility index (Phi) is 6.24. The molecule has 1 heterocycles. The number of benzene rings is 2. The van der Waals surface area contributed by atoms with Gasteiger partial charge < -0.3 is 10.1 Å². The van der Waals surface area contributed by atoms with Crippen molar-refractivity contribution in [3.8, 4) is 5.75 Å². The lowest BCUT2D eigenvalue weighted by Crippen LogP contribution is -2.12. The van der Waals surface area contributed by atoms with E-state index in [0.717, 1.165) is 32.8 Å².